The number of carbonyl (C=O) groups is 2. The van der Waals surface area contributed by atoms with E-state index in [2.05, 4.69) is 21.2 Å². The Morgan fingerprint density at radius 2 is 1.91 bits per heavy atom. The van der Waals surface area contributed by atoms with Gasteiger partial charge in [-0.1, -0.05) is 30.3 Å². The molecule has 0 bridgehead atoms. The van der Waals surface area contributed by atoms with Crippen molar-refractivity contribution in [2.24, 2.45) is 0 Å². The average Bonchev–Trinajstić information content (AvgIpc) is 2.94. The number of carbonyl (C=O) groups excluding carboxylic acids is 2. The van der Waals surface area contributed by atoms with Crippen molar-refractivity contribution < 1.29 is 14.0 Å². The molecule has 0 aliphatic heterocycles. The lowest BCUT2D eigenvalue weighted by molar-refractivity contribution is -0.130. The number of hydrogen-bond acceptors (Lipinski definition) is 3. The number of amides is 2. The maximum atomic E-state index is 12.0. The van der Waals surface area contributed by atoms with Crippen LogP contribution in [0.4, 0.5) is 0 Å². The fraction of sp³-hybridized carbons (Fsp3) is 0.250. The third-order valence-electron chi connectivity index (χ3n) is 3.11. The van der Waals surface area contributed by atoms with Crippen LogP contribution in [-0.2, 0) is 11.3 Å². The minimum atomic E-state index is -0.329. The van der Waals surface area contributed by atoms with Crippen LogP contribution in [0.3, 0.4) is 0 Å². The van der Waals surface area contributed by atoms with Crippen LogP contribution in [0.25, 0.3) is 0 Å². The van der Waals surface area contributed by atoms with Gasteiger partial charge in [0.15, 0.2) is 10.4 Å². The van der Waals surface area contributed by atoms with E-state index in [1.807, 2.05) is 30.3 Å². The summed E-state index contributed by atoms with van der Waals surface area (Å²) in [6, 6.07) is 13.0. The molecular formula is C16H17BrN2O3. The summed E-state index contributed by atoms with van der Waals surface area (Å²) in [6.07, 6.45) is 0.247. The lowest BCUT2D eigenvalue weighted by Crippen LogP contribution is -2.31. The predicted molar refractivity (Wildman–Crippen MR) is 86.3 cm³/mol. The molecule has 5 nitrogen and oxygen atoms in total. The van der Waals surface area contributed by atoms with Crippen molar-refractivity contribution in [1.82, 2.24) is 10.2 Å². The number of hydrogen-bond donors (Lipinski definition) is 1. The molecule has 2 aromatic rings. The Kier molecular flexibility index (Phi) is 5.77. The first kappa shape index (κ1) is 16.3. The molecule has 6 heteroatoms. The van der Waals surface area contributed by atoms with E-state index in [0.29, 0.717) is 11.2 Å². The molecule has 0 radical (unpaired) electrons. The van der Waals surface area contributed by atoms with Crippen LogP contribution in [0.2, 0.25) is 0 Å². The molecule has 1 aromatic carbocycles. The SMILES string of the molecule is CN(Cc1ccccc1)C(=O)CCNC(=O)c1ccc(Br)o1. The highest BCUT2D eigenvalue weighted by molar-refractivity contribution is 9.10. The van der Waals surface area contributed by atoms with Crippen molar-refractivity contribution in [2.75, 3.05) is 13.6 Å². The zero-order chi connectivity index (χ0) is 15.9. The molecule has 116 valence electrons. The number of halogens is 1. The van der Waals surface area contributed by atoms with E-state index in [-0.39, 0.29) is 30.5 Å². The van der Waals surface area contributed by atoms with E-state index in [1.54, 1.807) is 24.1 Å². The second kappa shape index (κ2) is 7.79. The monoisotopic (exact) mass is 364 g/mol. The van der Waals surface area contributed by atoms with Crippen LogP contribution in [0.15, 0.2) is 51.6 Å². The highest BCUT2D eigenvalue weighted by Crippen LogP contribution is 2.13. The Morgan fingerprint density at radius 1 is 1.18 bits per heavy atom. The van der Waals surface area contributed by atoms with Crippen molar-refractivity contribution >= 4 is 27.7 Å². The van der Waals surface area contributed by atoms with Crippen molar-refractivity contribution in [3.8, 4) is 0 Å². The van der Waals surface area contributed by atoms with Crippen LogP contribution in [-0.4, -0.2) is 30.3 Å². The second-order valence-corrected chi connectivity index (χ2v) is 5.63. The lowest BCUT2D eigenvalue weighted by atomic mass is 10.2. The quantitative estimate of drug-likeness (QED) is 0.856. The second-order valence-electron chi connectivity index (χ2n) is 4.85. The average molecular weight is 365 g/mol. The van der Waals surface area contributed by atoms with Crippen LogP contribution in [0.1, 0.15) is 22.5 Å². The van der Waals surface area contributed by atoms with Gasteiger partial charge in [0.05, 0.1) is 0 Å². The van der Waals surface area contributed by atoms with Crippen LogP contribution < -0.4 is 5.32 Å². The number of benzene rings is 1. The van der Waals surface area contributed by atoms with Crippen molar-refractivity contribution in [3.05, 3.63) is 58.5 Å². The van der Waals surface area contributed by atoms with E-state index < -0.39 is 0 Å². The molecule has 1 aromatic heterocycles. The zero-order valence-corrected chi connectivity index (χ0v) is 13.8. The Balaban J connectivity index is 1.74. The Bertz CT molecular complexity index is 640. The molecule has 0 spiro atoms. The summed E-state index contributed by atoms with van der Waals surface area (Å²) < 4.78 is 5.64. The topological polar surface area (TPSA) is 62.6 Å². The van der Waals surface area contributed by atoms with Gasteiger partial charge in [-0.2, -0.15) is 0 Å². The van der Waals surface area contributed by atoms with Crippen LogP contribution in [0.5, 0.6) is 0 Å². The fourth-order valence-electron chi connectivity index (χ4n) is 1.94. The maximum Gasteiger partial charge on any atom is 0.287 e. The Labute approximate surface area is 137 Å². The summed E-state index contributed by atoms with van der Waals surface area (Å²) in [7, 11) is 1.75. The summed E-state index contributed by atoms with van der Waals surface area (Å²) in [5.74, 6) is -0.133. The number of rotatable bonds is 6. The van der Waals surface area contributed by atoms with Gasteiger partial charge in [0.25, 0.3) is 5.91 Å². The van der Waals surface area contributed by atoms with E-state index in [9.17, 15) is 9.59 Å². The first-order valence-electron chi connectivity index (χ1n) is 6.87. The van der Waals surface area contributed by atoms with Crippen LogP contribution in [0, 0.1) is 0 Å². The molecule has 0 aliphatic carbocycles. The standard InChI is InChI=1S/C16H17BrN2O3/c1-19(11-12-5-3-2-4-6-12)15(20)9-10-18-16(21)13-7-8-14(17)22-13/h2-8H,9-11H2,1H3,(H,18,21). The third kappa shape index (κ3) is 4.73. The molecule has 2 rings (SSSR count). The van der Waals surface area contributed by atoms with Gasteiger partial charge in [-0.3, -0.25) is 9.59 Å². The summed E-state index contributed by atoms with van der Waals surface area (Å²) in [5, 5.41) is 2.66. The van der Waals surface area contributed by atoms with Gasteiger partial charge in [-0.05, 0) is 33.6 Å². The van der Waals surface area contributed by atoms with Gasteiger partial charge < -0.3 is 14.6 Å². The zero-order valence-electron chi connectivity index (χ0n) is 12.2. The van der Waals surface area contributed by atoms with Gasteiger partial charge in [0.1, 0.15) is 0 Å². The molecular weight excluding hydrogens is 348 g/mol. The number of furan rings is 1. The molecule has 0 saturated heterocycles. The summed E-state index contributed by atoms with van der Waals surface area (Å²) in [4.78, 5) is 25.4. The summed E-state index contributed by atoms with van der Waals surface area (Å²) in [6.45, 7) is 0.827. The van der Waals surface area contributed by atoms with Crippen molar-refractivity contribution in [2.45, 2.75) is 13.0 Å². The molecule has 0 fully saturated rings. The maximum absolute atomic E-state index is 12.0. The Hall–Kier alpha value is -2.08. The minimum absolute atomic E-state index is 0.0234. The number of nitrogens with one attached hydrogen (secondary N) is 1. The van der Waals surface area contributed by atoms with Gasteiger partial charge in [0.2, 0.25) is 5.91 Å². The minimum Gasteiger partial charge on any atom is -0.444 e. The highest BCUT2D eigenvalue weighted by Gasteiger charge is 2.12. The molecule has 1 N–H and O–H groups in total. The fourth-order valence-corrected chi connectivity index (χ4v) is 2.25. The van der Waals surface area contributed by atoms with Gasteiger partial charge in [-0.25, -0.2) is 0 Å². The first-order chi connectivity index (χ1) is 10.6. The summed E-state index contributed by atoms with van der Waals surface area (Å²) in [5.41, 5.74) is 1.07. The molecule has 2 amide bonds. The molecule has 0 aliphatic rings. The van der Waals surface area contributed by atoms with Gasteiger partial charge >= 0.3 is 0 Å². The molecule has 0 unspecified atom stereocenters. The van der Waals surface area contributed by atoms with Crippen molar-refractivity contribution in [3.63, 3.8) is 0 Å². The normalized spacial score (nSPS) is 10.3. The van der Waals surface area contributed by atoms with E-state index >= 15 is 0 Å². The lowest BCUT2D eigenvalue weighted by Gasteiger charge is -2.17. The molecule has 22 heavy (non-hydrogen) atoms. The van der Waals surface area contributed by atoms with Gasteiger partial charge in [-0.15, -0.1) is 0 Å². The molecule has 0 saturated carbocycles. The van der Waals surface area contributed by atoms with E-state index in [4.69, 9.17) is 4.42 Å². The molecule has 1 heterocycles. The summed E-state index contributed by atoms with van der Waals surface area (Å²) >= 11 is 3.13. The Morgan fingerprint density at radius 3 is 2.55 bits per heavy atom. The third-order valence-corrected chi connectivity index (χ3v) is 3.54. The largest absolute Gasteiger partial charge is 0.444 e. The smallest absolute Gasteiger partial charge is 0.287 e. The molecule has 0 atom stereocenters. The first-order valence-corrected chi connectivity index (χ1v) is 7.67. The van der Waals surface area contributed by atoms with E-state index in [0.717, 1.165) is 5.56 Å². The van der Waals surface area contributed by atoms with Crippen molar-refractivity contribution in [1.29, 1.82) is 0 Å². The predicted octanol–water partition coefficient (Wildman–Crippen LogP) is 2.82. The van der Waals surface area contributed by atoms with Crippen LogP contribution >= 0.6 is 15.9 Å². The highest BCUT2D eigenvalue weighted by atomic mass is 79.9. The number of nitrogens with zero attached hydrogens (tertiary/aromatic N) is 1. The van der Waals surface area contributed by atoms with Gasteiger partial charge in [0, 0.05) is 26.6 Å². The van der Waals surface area contributed by atoms with E-state index in [1.165, 1.54) is 0 Å².